The first kappa shape index (κ1) is 14.0. The van der Waals surface area contributed by atoms with E-state index >= 15 is 0 Å². The molecule has 0 saturated carbocycles. The third-order valence-corrected chi connectivity index (χ3v) is 3.99. The summed E-state index contributed by atoms with van der Waals surface area (Å²) in [5.74, 6) is 0. The molecule has 0 aliphatic heterocycles. The Morgan fingerprint density at radius 2 is 1.95 bits per heavy atom. The highest BCUT2D eigenvalue weighted by Crippen LogP contribution is 2.12. The van der Waals surface area contributed by atoms with Crippen LogP contribution in [0.2, 0.25) is 0 Å². The maximum Gasteiger partial charge on any atom is 0.0331 e. The molecule has 1 nitrogen and oxygen atoms in total. The first-order chi connectivity index (χ1) is 9.38. The lowest BCUT2D eigenvalue weighted by atomic mass is 10.1. The summed E-state index contributed by atoms with van der Waals surface area (Å²) < 4.78 is 0. The summed E-state index contributed by atoms with van der Waals surface area (Å²) in [4.78, 5) is 3.89. The van der Waals surface area contributed by atoms with Crippen molar-refractivity contribution in [3.8, 4) is 0 Å². The molecule has 2 heteroatoms. The van der Waals surface area contributed by atoms with Crippen molar-refractivity contribution in [2.45, 2.75) is 19.4 Å². The molecular weight excluding hydrogens is 250 g/mol. The van der Waals surface area contributed by atoms with E-state index in [1.54, 1.807) is 0 Å². The van der Waals surface area contributed by atoms with Crippen molar-refractivity contribution >= 4 is 11.3 Å². The largest absolute Gasteiger partial charge is 0.295 e. The number of hydrogen-bond donors (Lipinski definition) is 0. The van der Waals surface area contributed by atoms with Gasteiger partial charge in [0.25, 0.3) is 0 Å². The summed E-state index contributed by atoms with van der Waals surface area (Å²) in [6.45, 7) is 6.99. The molecule has 0 saturated heterocycles. The molecule has 19 heavy (non-hydrogen) atoms. The van der Waals surface area contributed by atoms with Gasteiger partial charge < -0.3 is 0 Å². The van der Waals surface area contributed by atoms with Gasteiger partial charge in [0, 0.05) is 18.0 Å². The van der Waals surface area contributed by atoms with Gasteiger partial charge in [-0.2, -0.15) is 0 Å². The summed E-state index contributed by atoms with van der Waals surface area (Å²) in [5.41, 5.74) is 1.43. The lowest BCUT2D eigenvalue weighted by Crippen LogP contribution is -2.24. The molecular formula is C17H21NS. The van der Waals surface area contributed by atoms with Crippen molar-refractivity contribution in [3.63, 3.8) is 0 Å². The van der Waals surface area contributed by atoms with Gasteiger partial charge in [0.1, 0.15) is 0 Å². The van der Waals surface area contributed by atoms with Gasteiger partial charge in [-0.1, -0.05) is 42.5 Å². The van der Waals surface area contributed by atoms with Crippen LogP contribution < -0.4 is 0 Å². The van der Waals surface area contributed by atoms with E-state index in [1.807, 2.05) is 17.4 Å². The minimum Gasteiger partial charge on any atom is -0.295 e. The molecule has 0 amide bonds. The highest BCUT2D eigenvalue weighted by atomic mass is 32.1. The molecule has 0 fully saturated rings. The molecule has 0 radical (unpaired) electrons. The van der Waals surface area contributed by atoms with E-state index in [4.69, 9.17) is 0 Å². The Bertz CT molecular complexity index is 461. The minimum atomic E-state index is 0.965. The van der Waals surface area contributed by atoms with Crippen LogP contribution >= 0.6 is 11.3 Å². The fourth-order valence-corrected chi connectivity index (χ4v) is 2.94. The van der Waals surface area contributed by atoms with Gasteiger partial charge in [0.15, 0.2) is 0 Å². The predicted octanol–water partition coefficient (Wildman–Crippen LogP) is 4.37. The molecule has 1 heterocycles. The highest BCUT2D eigenvalue weighted by Gasteiger charge is 2.05. The Balaban J connectivity index is 1.78. The lowest BCUT2D eigenvalue weighted by Gasteiger charge is -2.19. The smallest absolute Gasteiger partial charge is 0.0331 e. The normalized spacial score (nSPS) is 10.8. The molecule has 2 rings (SSSR count). The van der Waals surface area contributed by atoms with Crippen molar-refractivity contribution in [1.82, 2.24) is 4.90 Å². The number of nitrogens with zero attached hydrogens (tertiary/aromatic N) is 1. The van der Waals surface area contributed by atoms with Gasteiger partial charge in [-0.05, 0) is 36.4 Å². The van der Waals surface area contributed by atoms with Crippen LogP contribution in [0.1, 0.15) is 16.9 Å². The molecule has 100 valence electrons. The van der Waals surface area contributed by atoms with Crippen LogP contribution in [0.4, 0.5) is 0 Å². The third kappa shape index (κ3) is 5.01. The standard InChI is InChI=1S/C17H21NS/c1-2-12-18(15-17-11-7-14-19-17)13-6-10-16-8-4-3-5-9-16/h2-5,7-9,11,14H,1,6,10,12-13,15H2. The van der Waals surface area contributed by atoms with Crippen LogP contribution in [0.25, 0.3) is 0 Å². The van der Waals surface area contributed by atoms with E-state index in [2.05, 4.69) is 59.3 Å². The topological polar surface area (TPSA) is 3.24 Å². The van der Waals surface area contributed by atoms with Crippen LogP contribution in [0, 0.1) is 0 Å². The number of benzene rings is 1. The molecule has 1 aromatic heterocycles. The van der Waals surface area contributed by atoms with Gasteiger partial charge in [-0.25, -0.2) is 0 Å². The van der Waals surface area contributed by atoms with Gasteiger partial charge in [-0.15, -0.1) is 17.9 Å². The van der Waals surface area contributed by atoms with E-state index in [9.17, 15) is 0 Å². The molecule has 0 unspecified atom stereocenters. The van der Waals surface area contributed by atoms with Gasteiger partial charge in [-0.3, -0.25) is 4.90 Å². The Morgan fingerprint density at radius 3 is 2.63 bits per heavy atom. The number of aryl methyl sites for hydroxylation is 1. The number of hydrogen-bond acceptors (Lipinski definition) is 2. The first-order valence-electron chi connectivity index (χ1n) is 6.78. The molecule has 0 aliphatic carbocycles. The van der Waals surface area contributed by atoms with Crippen LogP contribution in [0.15, 0.2) is 60.5 Å². The molecule has 0 aliphatic rings. The summed E-state index contributed by atoms with van der Waals surface area (Å²) in [6.07, 6.45) is 4.35. The molecule has 1 aromatic carbocycles. The average Bonchev–Trinajstić information content (AvgIpc) is 2.93. The van der Waals surface area contributed by atoms with E-state index in [1.165, 1.54) is 16.9 Å². The van der Waals surface area contributed by atoms with E-state index in [0.29, 0.717) is 0 Å². The van der Waals surface area contributed by atoms with Crippen molar-refractivity contribution in [3.05, 3.63) is 70.9 Å². The molecule has 0 spiro atoms. The lowest BCUT2D eigenvalue weighted by molar-refractivity contribution is 0.293. The fraction of sp³-hybridized carbons (Fsp3) is 0.294. The predicted molar refractivity (Wildman–Crippen MR) is 84.6 cm³/mol. The van der Waals surface area contributed by atoms with E-state index in [-0.39, 0.29) is 0 Å². The second kappa shape index (κ2) is 7.93. The molecule has 0 N–H and O–H groups in total. The summed E-state index contributed by atoms with van der Waals surface area (Å²) in [7, 11) is 0. The zero-order chi connectivity index (χ0) is 13.3. The van der Waals surface area contributed by atoms with E-state index in [0.717, 1.165) is 26.1 Å². The van der Waals surface area contributed by atoms with Crippen LogP contribution in [-0.4, -0.2) is 18.0 Å². The monoisotopic (exact) mass is 271 g/mol. The SMILES string of the molecule is C=CCN(CCCc1ccccc1)Cc1cccs1. The quantitative estimate of drug-likeness (QED) is 0.644. The van der Waals surface area contributed by atoms with Crippen molar-refractivity contribution < 1.29 is 0 Å². The second-order valence-corrected chi connectivity index (χ2v) is 5.72. The second-order valence-electron chi connectivity index (χ2n) is 4.69. The van der Waals surface area contributed by atoms with Gasteiger partial charge >= 0.3 is 0 Å². The maximum atomic E-state index is 3.86. The molecule has 2 aromatic rings. The zero-order valence-electron chi connectivity index (χ0n) is 11.3. The van der Waals surface area contributed by atoms with Crippen LogP contribution in [0.5, 0.6) is 0 Å². The minimum absolute atomic E-state index is 0.965. The molecule has 0 atom stereocenters. The van der Waals surface area contributed by atoms with Crippen LogP contribution in [-0.2, 0) is 13.0 Å². The third-order valence-electron chi connectivity index (χ3n) is 3.13. The van der Waals surface area contributed by atoms with Crippen molar-refractivity contribution in [2.24, 2.45) is 0 Å². The number of thiophene rings is 1. The Hall–Kier alpha value is -1.38. The van der Waals surface area contributed by atoms with Gasteiger partial charge in [0.05, 0.1) is 0 Å². The Morgan fingerprint density at radius 1 is 1.11 bits per heavy atom. The summed E-state index contributed by atoms with van der Waals surface area (Å²) >= 11 is 1.83. The highest BCUT2D eigenvalue weighted by molar-refractivity contribution is 7.09. The Kier molecular flexibility index (Phi) is 5.86. The van der Waals surface area contributed by atoms with E-state index < -0.39 is 0 Å². The first-order valence-corrected chi connectivity index (χ1v) is 7.66. The van der Waals surface area contributed by atoms with Crippen molar-refractivity contribution in [2.75, 3.05) is 13.1 Å². The average molecular weight is 271 g/mol. The summed E-state index contributed by atoms with van der Waals surface area (Å²) in [5, 5.41) is 2.14. The maximum absolute atomic E-state index is 3.86. The number of rotatable bonds is 8. The van der Waals surface area contributed by atoms with Crippen LogP contribution in [0.3, 0.4) is 0 Å². The molecule has 0 bridgehead atoms. The zero-order valence-corrected chi connectivity index (χ0v) is 12.1. The Labute approximate surface area is 120 Å². The van der Waals surface area contributed by atoms with Gasteiger partial charge in [0.2, 0.25) is 0 Å². The fourth-order valence-electron chi connectivity index (χ4n) is 2.19. The summed E-state index contributed by atoms with van der Waals surface area (Å²) in [6, 6.07) is 15.0. The van der Waals surface area contributed by atoms with Crippen molar-refractivity contribution in [1.29, 1.82) is 0 Å².